The molecule has 0 atom stereocenters. The molecular weight excluding hydrogens is 316 g/mol. The second kappa shape index (κ2) is 6.63. The number of anilines is 1. The van der Waals surface area contributed by atoms with Gasteiger partial charge >= 0.3 is 0 Å². The van der Waals surface area contributed by atoms with Gasteiger partial charge in [-0.25, -0.2) is 0 Å². The van der Waals surface area contributed by atoms with Gasteiger partial charge in [-0.05, 0) is 18.2 Å². The zero-order chi connectivity index (χ0) is 17.0. The maximum absolute atomic E-state index is 11.8. The number of hydrogen-bond acceptors (Lipinski definition) is 6. The van der Waals surface area contributed by atoms with Crippen molar-refractivity contribution in [3.8, 4) is 6.07 Å². The van der Waals surface area contributed by atoms with Crippen LogP contribution in [0.3, 0.4) is 0 Å². The molecule has 0 radical (unpaired) electrons. The van der Waals surface area contributed by atoms with E-state index in [-0.39, 0.29) is 16.8 Å². The van der Waals surface area contributed by atoms with Gasteiger partial charge < -0.3 is 4.52 Å². The molecule has 1 aromatic carbocycles. The van der Waals surface area contributed by atoms with Crippen molar-refractivity contribution in [1.29, 1.82) is 5.26 Å². The van der Waals surface area contributed by atoms with Crippen LogP contribution in [0.15, 0.2) is 40.0 Å². The summed E-state index contributed by atoms with van der Waals surface area (Å²) in [5, 5.41) is 17.2. The van der Waals surface area contributed by atoms with Gasteiger partial charge in [-0.15, -0.1) is 0 Å². The normalized spacial score (nSPS) is 11.9. The highest BCUT2D eigenvalue weighted by Gasteiger charge is 2.24. The highest BCUT2D eigenvalue weighted by molar-refractivity contribution is 6.50. The minimum Gasteiger partial charge on any atom is -0.360 e. The molecule has 0 unspecified atom stereocenters. The Labute approximate surface area is 138 Å². The molecule has 1 aromatic heterocycles. The summed E-state index contributed by atoms with van der Waals surface area (Å²) in [4.78, 5) is 11.8. The number of hydrazone groups is 1. The molecule has 6 nitrogen and oxygen atoms in total. The van der Waals surface area contributed by atoms with Crippen LogP contribution in [0.25, 0.3) is 0 Å². The van der Waals surface area contributed by atoms with Gasteiger partial charge in [0.1, 0.15) is 17.5 Å². The lowest BCUT2D eigenvalue weighted by Crippen LogP contribution is -2.16. The van der Waals surface area contributed by atoms with Crippen LogP contribution in [0.2, 0.25) is 5.02 Å². The summed E-state index contributed by atoms with van der Waals surface area (Å²) in [5.74, 6) is -0.220. The standard InChI is InChI=1S/C16H15ClN4O2/c1-16(2,3)14-8-12(21-23-14)15(13(22)9-18)20-19-11-6-4-5-10(17)7-11/h4-8,19H,1-3H3/b20-15+. The summed E-state index contributed by atoms with van der Waals surface area (Å²) in [6.45, 7) is 5.85. The molecule has 0 aliphatic carbocycles. The number of carbonyl (C=O) groups is 1. The van der Waals surface area contributed by atoms with Gasteiger partial charge in [-0.1, -0.05) is 43.6 Å². The minimum atomic E-state index is -0.812. The Morgan fingerprint density at radius 3 is 2.70 bits per heavy atom. The Morgan fingerprint density at radius 2 is 2.13 bits per heavy atom. The van der Waals surface area contributed by atoms with Crippen molar-refractivity contribution in [2.45, 2.75) is 26.2 Å². The molecular formula is C16H15ClN4O2. The number of ketones is 1. The van der Waals surface area contributed by atoms with Crippen LogP contribution in [0.4, 0.5) is 5.69 Å². The molecule has 1 N–H and O–H groups in total. The molecule has 0 aliphatic heterocycles. The van der Waals surface area contributed by atoms with Crippen LogP contribution in [0.5, 0.6) is 0 Å². The van der Waals surface area contributed by atoms with Crippen LogP contribution < -0.4 is 5.43 Å². The Hall–Kier alpha value is -2.65. The molecule has 23 heavy (non-hydrogen) atoms. The quantitative estimate of drug-likeness (QED) is 0.526. The molecule has 0 bridgehead atoms. The number of hydrogen-bond donors (Lipinski definition) is 1. The van der Waals surface area contributed by atoms with E-state index < -0.39 is 5.78 Å². The first-order chi connectivity index (χ1) is 10.8. The number of carbonyl (C=O) groups excluding carboxylic acids is 1. The summed E-state index contributed by atoms with van der Waals surface area (Å²) in [6.07, 6.45) is 0. The van der Waals surface area contributed by atoms with E-state index in [2.05, 4.69) is 15.7 Å². The van der Waals surface area contributed by atoms with E-state index in [0.717, 1.165) is 0 Å². The number of benzene rings is 1. The average Bonchev–Trinajstić information content (AvgIpc) is 2.97. The number of aromatic nitrogens is 1. The number of halogens is 1. The number of rotatable bonds is 4. The molecule has 0 aliphatic rings. The summed E-state index contributed by atoms with van der Waals surface area (Å²) < 4.78 is 5.23. The van der Waals surface area contributed by atoms with E-state index in [1.807, 2.05) is 20.8 Å². The Morgan fingerprint density at radius 1 is 1.39 bits per heavy atom. The number of nitriles is 1. The molecule has 0 amide bonds. The van der Waals surface area contributed by atoms with Gasteiger partial charge in [-0.3, -0.25) is 10.2 Å². The van der Waals surface area contributed by atoms with E-state index in [9.17, 15) is 4.79 Å². The van der Waals surface area contributed by atoms with Gasteiger partial charge in [0.25, 0.3) is 5.78 Å². The van der Waals surface area contributed by atoms with Crippen molar-refractivity contribution in [2.75, 3.05) is 5.43 Å². The van der Waals surface area contributed by atoms with Gasteiger partial charge in [0.15, 0.2) is 5.71 Å². The van der Waals surface area contributed by atoms with E-state index >= 15 is 0 Å². The molecule has 0 spiro atoms. The molecule has 0 saturated heterocycles. The zero-order valence-corrected chi connectivity index (χ0v) is 13.7. The predicted molar refractivity (Wildman–Crippen MR) is 87.4 cm³/mol. The Bertz CT molecular complexity index is 797. The lowest BCUT2D eigenvalue weighted by Gasteiger charge is -2.12. The first kappa shape index (κ1) is 16.7. The third-order valence-corrected chi connectivity index (χ3v) is 3.17. The fourth-order valence-corrected chi connectivity index (χ4v) is 1.89. The lowest BCUT2D eigenvalue weighted by molar-refractivity contribution is -0.108. The molecule has 0 saturated carbocycles. The van der Waals surface area contributed by atoms with Crippen LogP contribution >= 0.6 is 11.6 Å². The van der Waals surface area contributed by atoms with Crippen molar-refractivity contribution >= 4 is 28.8 Å². The topological polar surface area (TPSA) is 91.3 Å². The Kier molecular flexibility index (Phi) is 4.82. The summed E-state index contributed by atoms with van der Waals surface area (Å²) in [5.41, 5.74) is 3.10. The highest BCUT2D eigenvalue weighted by atomic mass is 35.5. The van der Waals surface area contributed by atoms with Gasteiger partial charge in [-0.2, -0.15) is 10.4 Å². The van der Waals surface area contributed by atoms with Crippen LogP contribution in [0.1, 0.15) is 32.2 Å². The summed E-state index contributed by atoms with van der Waals surface area (Å²) in [6, 6.07) is 9.97. The lowest BCUT2D eigenvalue weighted by atomic mass is 9.93. The summed E-state index contributed by atoms with van der Waals surface area (Å²) in [7, 11) is 0. The number of nitrogens with zero attached hydrogens (tertiary/aromatic N) is 3. The fraction of sp³-hybridized carbons (Fsp3) is 0.250. The zero-order valence-electron chi connectivity index (χ0n) is 12.9. The van der Waals surface area contributed by atoms with Crippen LogP contribution in [-0.4, -0.2) is 16.7 Å². The van der Waals surface area contributed by atoms with Crippen LogP contribution in [0, 0.1) is 11.3 Å². The maximum atomic E-state index is 11.8. The predicted octanol–water partition coefficient (Wildman–Crippen LogP) is 3.53. The van der Waals surface area contributed by atoms with Crippen LogP contribution in [-0.2, 0) is 10.2 Å². The maximum Gasteiger partial charge on any atom is 0.284 e. The van der Waals surface area contributed by atoms with Crippen molar-refractivity contribution in [1.82, 2.24) is 5.16 Å². The first-order valence-electron chi connectivity index (χ1n) is 6.82. The number of Topliss-reactive ketones (excluding diaryl/α,β-unsaturated/α-hetero) is 1. The molecule has 1 heterocycles. The fourth-order valence-electron chi connectivity index (χ4n) is 1.70. The minimum absolute atomic E-state index is 0.119. The SMILES string of the molecule is CC(C)(C)c1cc(/C(=N\Nc2cccc(Cl)c2)C(=O)C#N)no1. The van der Waals surface area contributed by atoms with E-state index in [1.165, 1.54) is 0 Å². The van der Waals surface area contributed by atoms with E-state index in [0.29, 0.717) is 16.5 Å². The second-order valence-corrected chi connectivity index (χ2v) is 6.29. The van der Waals surface area contributed by atoms with Gasteiger partial charge in [0.05, 0.1) is 5.69 Å². The van der Waals surface area contributed by atoms with Crippen molar-refractivity contribution in [3.63, 3.8) is 0 Å². The highest BCUT2D eigenvalue weighted by Crippen LogP contribution is 2.23. The van der Waals surface area contributed by atoms with E-state index in [1.54, 1.807) is 36.4 Å². The molecule has 2 aromatic rings. The molecule has 7 heteroatoms. The second-order valence-electron chi connectivity index (χ2n) is 5.85. The largest absolute Gasteiger partial charge is 0.360 e. The third-order valence-electron chi connectivity index (χ3n) is 2.93. The van der Waals surface area contributed by atoms with Crippen molar-refractivity contribution in [3.05, 3.63) is 46.8 Å². The monoisotopic (exact) mass is 330 g/mol. The van der Waals surface area contributed by atoms with Crippen molar-refractivity contribution < 1.29 is 9.32 Å². The summed E-state index contributed by atoms with van der Waals surface area (Å²) >= 11 is 5.89. The Balaban J connectivity index is 2.34. The first-order valence-corrected chi connectivity index (χ1v) is 7.20. The molecule has 0 fully saturated rings. The average molecular weight is 331 g/mol. The van der Waals surface area contributed by atoms with E-state index in [4.69, 9.17) is 21.4 Å². The van der Waals surface area contributed by atoms with Crippen molar-refractivity contribution in [2.24, 2.45) is 5.10 Å². The molecule has 118 valence electrons. The molecule has 2 rings (SSSR count). The van der Waals surface area contributed by atoms with Gasteiger partial charge in [0.2, 0.25) is 0 Å². The third kappa shape index (κ3) is 4.18. The smallest absolute Gasteiger partial charge is 0.284 e. The number of nitrogens with one attached hydrogen (secondary N) is 1. The van der Waals surface area contributed by atoms with Gasteiger partial charge in [0, 0.05) is 16.5 Å².